The molecular formula is C24H20N2O5. The quantitative estimate of drug-likeness (QED) is 0.438. The highest BCUT2D eigenvalue weighted by molar-refractivity contribution is 6.20. The van der Waals surface area contributed by atoms with E-state index >= 15 is 0 Å². The van der Waals surface area contributed by atoms with Gasteiger partial charge in [-0.1, -0.05) is 78.4 Å². The molecule has 7 heteroatoms. The number of para-hydroxylation sites is 1. The summed E-state index contributed by atoms with van der Waals surface area (Å²) in [5, 5.41) is 11.7. The topological polar surface area (TPSA) is 89.8 Å². The Balaban J connectivity index is 1.95. The Hall–Kier alpha value is -4.00. The number of anilines is 1. The van der Waals surface area contributed by atoms with Crippen LogP contribution in [-0.2, 0) is 15.1 Å². The molecule has 1 aliphatic rings. The predicted molar refractivity (Wildman–Crippen MR) is 114 cm³/mol. The number of cyclic esters (lactones) is 1. The number of rotatable bonds is 6. The number of amides is 2. The molecule has 0 spiro atoms. The minimum absolute atomic E-state index is 0.347. The third-order valence-corrected chi connectivity index (χ3v) is 5.44. The number of imide groups is 1. The van der Waals surface area contributed by atoms with Crippen LogP contribution in [0.25, 0.3) is 0 Å². The van der Waals surface area contributed by atoms with Gasteiger partial charge in [0.05, 0.1) is 5.69 Å². The molecule has 0 aromatic heterocycles. The zero-order valence-corrected chi connectivity index (χ0v) is 16.8. The molecule has 3 aromatic carbocycles. The van der Waals surface area contributed by atoms with Gasteiger partial charge in [0, 0.05) is 10.5 Å². The van der Waals surface area contributed by atoms with Crippen LogP contribution in [0.4, 0.5) is 10.5 Å². The SMILES string of the molecule is Cc1cccc(C(C[N+](=O)[O-])[C@@]2(c3ccccc3)OC(=O)N(c3ccccc3)C2=O)c1. The number of benzene rings is 3. The van der Waals surface area contributed by atoms with Gasteiger partial charge in [0.2, 0.25) is 12.1 Å². The number of hydrogen-bond donors (Lipinski definition) is 0. The van der Waals surface area contributed by atoms with Gasteiger partial charge in [-0.25, -0.2) is 9.69 Å². The number of aryl methyl sites for hydroxylation is 1. The average Bonchev–Trinajstić information content (AvgIpc) is 3.04. The Bertz CT molecular complexity index is 1130. The van der Waals surface area contributed by atoms with E-state index in [0.717, 1.165) is 10.5 Å². The number of nitrogens with zero attached hydrogens (tertiary/aromatic N) is 2. The van der Waals surface area contributed by atoms with Crippen molar-refractivity contribution >= 4 is 17.7 Å². The van der Waals surface area contributed by atoms with Crippen molar-refractivity contribution in [3.63, 3.8) is 0 Å². The van der Waals surface area contributed by atoms with Gasteiger partial charge in [-0.3, -0.25) is 14.9 Å². The summed E-state index contributed by atoms with van der Waals surface area (Å²) in [7, 11) is 0. The highest BCUT2D eigenvalue weighted by atomic mass is 16.6. The van der Waals surface area contributed by atoms with E-state index in [9.17, 15) is 19.7 Å². The molecule has 1 saturated heterocycles. The lowest BCUT2D eigenvalue weighted by atomic mass is 9.76. The highest BCUT2D eigenvalue weighted by Crippen LogP contribution is 2.47. The first-order valence-corrected chi connectivity index (χ1v) is 9.80. The lowest BCUT2D eigenvalue weighted by Gasteiger charge is -2.32. The van der Waals surface area contributed by atoms with Crippen molar-refractivity contribution in [1.29, 1.82) is 0 Å². The van der Waals surface area contributed by atoms with Crippen molar-refractivity contribution in [3.8, 4) is 0 Å². The van der Waals surface area contributed by atoms with Crippen LogP contribution in [0.3, 0.4) is 0 Å². The standard InChI is InChI=1S/C24H20N2O5/c1-17-9-8-10-18(15-17)21(16-25(29)30)24(19-11-4-2-5-12-19)22(27)26(23(28)31-24)20-13-6-3-7-14-20/h2-15,21H,16H2,1H3/t21?,24-/m1/s1. The molecule has 1 aliphatic heterocycles. The molecule has 4 rings (SSSR count). The lowest BCUT2D eigenvalue weighted by molar-refractivity contribution is -0.486. The van der Waals surface area contributed by atoms with Gasteiger partial charge in [0.25, 0.3) is 5.91 Å². The Labute approximate surface area is 179 Å². The molecule has 0 saturated carbocycles. The summed E-state index contributed by atoms with van der Waals surface area (Å²) in [4.78, 5) is 39.0. The zero-order chi connectivity index (χ0) is 22.0. The zero-order valence-electron chi connectivity index (χ0n) is 16.8. The minimum Gasteiger partial charge on any atom is -0.426 e. The average molecular weight is 416 g/mol. The van der Waals surface area contributed by atoms with E-state index < -0.39 is 35.0 Å². The summed E-state index contributed by atoms with van der Waals surface area (Å²) in [6.07, 6.45) is -0.860. The maximum Gasteiger partial charge on any atom is 0.422 e. The van der Waals surface area contributed by atoms with E-state index in [1.54, 1.807) is 78.9 Å². The van der Waals surface area contributed by atoms with Crippen molar-refractivity contribution < 1.29 is 19.2 Å². The first-order chi connectivity index (χ1) is 14.9. The van der Waals surface area contributed by atoms with Gasteiger partial charge in [-0.15, -0.1) is 0 Å². The molecule has 2 atom stereocenters. The van der Waals surface area contributed by atoms with E-state index in [2.05, 4.69) is 0 Å². The van der Waals surface area contributed by atoms with E-state index in [1.165, 1.54) is 0 Å². The van der Waals surface area contributed by atoms with Crippen LogP contribution in [0, 0.1) is 17.0 Å². The number of ether oxygens (including phenoxy) is 1. The summed E-state index contributed by atoms with van der Waals surface area (Å²) < 4.78 is 5.80. The van der Waals surface area contributed by atoms with Crippen LogP contribution < -0.4 is 4.90 Å². The Kier molecular flexibility index (Phi) is 5.25. The molecule has 0 N–H and O–H groups in total. The van der Waals surface area contributed by atoms with Crippen LogP contribution in [0.5, 0.6) is 0 Å². The molecule has 1 fully saturated rings. The summed E-state index contributed by atoms with van der Waals surface area (Å²) >= 11 is 0. The third-order valence-electron chi connectivity index (χ3n) is 5.44. The van der Waals surface area contributed by atoms with E-state index in [1.807, 2.05) is 13.0 Å². The smallest absolute Gasteiger partial charge is 0.422 e. The molecule has 0 aliphatic carbocycles. The van der Waals surface area contributed by atoms with E-state index in [0.29, 0.717) is 16.8 Å². The first-order valence-electron chi connectivity index (χ1n) is 9.80. The monoisotopic (exact) mass is 416 g/mol. The fourth-order valence-electron chi connectivity index (χ4n) is 4.07. The van der Waals surface area contributed by atoms with Gasteiger partial charge in [-0.2, -0.15) is 0 Å². The van der Waals surface area contributed by atoms with Gasteiger partial charge in [0.15, 0.2) is 0 Å². The maximum absolute atomic E-state index is 13.9. The largest absolute Gasteiger partial charge is 0.426 e. The highest BCUT2D eigenvalue weighted by Gasteiger charge is 2.62. The van der Waals surface area contributed by atoms with Crippen LogP contribution >= 0.6 is 0 Å². The van der Waals surface area contributed by atoms with Crippen molar-refractivity contribution in [1.82, 2.24) is 0 Å². The van der Waals surface area contributed by atoms with E-state index in [4.69, 9.17) is 4.74 Å². The van der Waals surface area contributed by atoms with Crippen LogP contribution in [-0.4, -0.2) is 23.5 Å². The molecule has 0 bridgehead atoms. The fraction of sp³-hybridized carbons (Fsp3) is 0.167. The third kappa shape index (κ3) is 3.54. The Morgan fingerprint density at radius 2 is 1.61 bits per heavy atom. The van der Waals surface area contributed by atoms with E-state index in [-0.39, 0.29) is 0 Å². The van der Waals surface area contributed by atoms with Gasteiger partial charge < -0.3 is 4.74 Å². The number of carbonyl (C=O) groups is 2. The molecule has 0 radical (unpaired) electrons. The predicted octanol–water partition coefficient (Wildman–Crippen LogP) is 4.43. The molecular weight excluding hydrogens is 396 g/mol. The lowest BCUT2D eigenvalue weighted by Crippen LogP contribution is -2.46. The molecule has 2 amide bonds. The van der Waals surface area contributed by atoms with Gasteiger partial charge in [-0.05, 0) is 24.6 Å². The molecule has 1 heterocycles. The molecule has 7 nitrogen and oxygen atoms in total. The number of carbonyl (C=O) groups excluding carboxylic acids is 2. The first kappa shape index (κ1) is 20.3. The molecule has 156 valence electrons. The summed E-state index contributed by atoms with van der Waals surface area (Å²) in [5.74, 6) is -1.67. The van der Waals surface area contributed by atoms with Gasteiger partial charge >= 0.3 is 6.09 Å². The minimum atomic E-state index is -1.87. The summed E-state index contributed by atoms with van der Waals surface area (Å²) in [6.45, 7) is 1.28. The van der Waals surface area contributed by atoms with Crippen molar-refractivity contribution in [3.05, 3.63) is 112 Å². The second-order valence-corrected chi connectivity index (χ2v) is 7.43. The van der Waals surface area contributed by atoms with Crippen LogP contribution in [0.2, 0.25) is 0 Å². The fourth-order valence-corrected chi connectivity index (χ4v) is 4.07. The normalized spacial score (nSPS) is 19.2. The maximum atomic E-state index is 13.9. The molecule has 3 aromatic rings. The number of nitro groups is 1. The Morgan fingerprint density at radius 1 is 0.968 bits per heavy atom. The van der Waals surface area contributed by atoms with Crippen molar-refractivity contribution in [2.75, 3.05) is 11.4 Å². The second kappa shape index (κ2) is 8.02. The number of hydrogen-bond acceptors (Lipinski definition) is 5. The molecule has 1 unspecified atom stereocenters. The van der Waals surface area contributed by atoms with Gasteiger partial charge in [0.1, 0.15) is 5.92 Å². The van der Waals surface area contributed by atoms with Crippen LogP contribution in [0.15, 0.2) is 84.9 Å². The van der Waals surface area contributed by atoms with Crippen molar-refractivity contribution in [2.24, 2.45) is 0 Å². The summed E-state index contributed by atoms with van der Waals surface area (Å²) in [6, 6.07) is 24.0. The second-order valence-electron chi connectivity index (χ2n) is 7.43. The molecule has 31 heavy (non-hydrogen) atoms. The summed E-state index contributed by atoms with van der Waals surface area (Å²) in [5.41, 5.74) is 0.302. The van der Waals surface area contributed by atoms with Crippen molar-refractivity contribution in [2.45, 2.75) is 18.4 Å². The Morgan fingerprint density at radius 3 is 2.23 bits per heavy atom. The van der Waals surface area contributed by atoms with Crippen LogP contribution in [0.1, 0.15) is 22.6 Å².